The summed E-state index contributed by atoms with van der Waals surface area (Å²) < 4.78 is 0. The molecule has 0 heteroatoms. The predicted molar refractivity (Wildman–Crippen MR) is 77.8 cm³/mol. The zero-order valence-corrected chi connectivity index (χ0v) is 13.3. The highest BCUT2D eigenvalue weighted by atomic mass is 14.3. The lowest BCUT2D eigenvalue weighted by Crippen LogP contribution is -2.25. The van der Waals surface area contributed by atoms with Crippen molar-refractivity contribution in [2.75, 3.05) is 0 Å². The van der Waals surface area contributed by atoms with Crippen LogP contribution in [-0.4, -0.2) is 0 Å². The predicted octanol–water partition coefficient (Wildman–Crippen LogP) is 6.01. The highest BCUT2D eigenvalue weighted by molar-refractivity contribution is 4.74. The van der Waals surface area contributed by atoms with Gasteiger partial charge in [0, 0.05) is 0 Å². The van der Waals surface area contributed by atoms with E-state index in [1.54, 1.807) is 0 Å². The third kappa shape index (κ3) is 6.55. The Morgan fingerprint density at radius 2 is 1.12 bits per heavy atom. The van der Waals surface area contributed by atoms with E-state index >= 15 is 0 Å². The maximum absolute atomic E-state index is 2.43. The van der Waals surface area contributed by atoms with Crippen LogP contribution in [0.25, 0.3) is 0 Å². The number of rotatable bonds is 6. The molecule has 4 unspecified atom stereocenters. The quantitative estimate of drug-likeness (QED) is 0.522. The van der Waals surface area contributed by atoms with Crippen LogP contribution < -0.4 is 0 Å². The van der Waals surface area contributed by atoms with Crippen LogP contribution in [0.4, 0.5) is 0 Å². The van der Waals surface area contributed by atoms with Gasteiger partial charge in [-0.2, -0.15) is 0 Å². The maximum Gasteiger partial charge on any atom is -0.0386 e. The fourth-order valence-corrected chi connectivity index (χ4v) is 2.32. The Labute approximate surface area is 105 Å². The molecule has 0 amide bonds. The van der Waals surface area contributed by atoms with Crippen LogP contribution in [0.3, 0.4) is 0 Å². The average molecular weight is 228 g/mol. The Morgan fingerprint density at radius 1 is 0.688 bits per heavy atom. The fourth-order valence-electron chi connectivity index (χ4n) is 2.32. The van der Waals surface area contributed by atoms with E-state index < -0.39 is 0 Å². The molecule has 0 bridgehead atoms. The highest BCUT2D eigenvalue weighted by Crippen LogP contribution is 2.32. The van der Waals surface area contributed by atoms with Gasteiger partial charge < -0.3 is 0 Å². The third-order valence-corrected chi connectivity index (χ3v) is 4.35. The largest absolute Gasteiger partial charge is 0.0683 e. The minimum absolute atomic E-state index is 0.821. The topological polar surface area (TPSA) is 0 Å². The summed E-state index contributed by atoms with van der Waals surface area (Å²) in [6, 6.07) is 0. The number of hydrogen-bond acceptors (Lipinski definition) is 0. The van der Waals surface area contributed by atoms with Gasteiger partial charge in [0.05, 0.1) is 0 Å². The lowest BCUT2D eigenvalue weighted by molar-refractivity contribution is 0.170. The van der Waals surface area contributed by atoms with Gasteiger partial charge in [-0.1, -0.05) is 75.2 Å². The van der Waals surface area contributed by atoms with Crippen molar-refractivity contribution in [1.29, 1.82) is 0 Å². The van der Waals surface area contributed by atoms with Crippen LogP contribution in [0, 0.1) is 29.6 Å². The average Bonchev–Trinajstić information content (AvgIpc) is 2.28. The van der Waals surface area contributed by atoms with Crippen molar-refractivity contribution in [3.05, 3.63) is 0 Å². The molecule has 0 radical (unpaired) electrons. The van der Waals surface area contributed by atoms with E-state index in [-0.39, 0.29) is 0 Å². The fraction of sp³-hybridized carbons (Fsp3) is 1.00. The van der Waals surface area contributed by atoms with Gasteiger partial charge in [0.15, 0.2) is 0 Å². The summed E-state index contributed by atoms with van der Waals surface area (Å²) in [4.78, 5) is 0. The van der Waals surface area contributed by atoms with Crippen molar-refractivity contribution in [3.8, 4) is 0 Å². The summed E-state index contributed by atoms with van der Waals surface area (Å²) in [5.41, 5.74) is 0. The van der Waals surface area contributed by atoms with E-state index in [0.717, 1.165) is 29.6 Å². The van der Waals surface area contributed by atoms with Crippen molar-refractivity contribution in [2.24, 2.45) is 29.6 Å². The number of hydrogen-bond donors (Lipinski definition) is 0. The molecule has 16 heavy (non-hydrogen) atoms. The molecule has 100 valence electrons. The molecule has 0 N–H and O–H groups in total. The van der Waals surface area contributed by atoms with Crippen molar-refractivity contribution >= 4 is 0 Å². The Bertz CT molecular complexity index is 137. The van der Waals surface area contributed by atoms with E-state index in [4.69, 9.17) is 0 Å². The molecular weight excluding hydrogens is 192 g/mol. The first-order chi connectivity index (χ1) is 7.41. The molecule has 0 fully saturated rings. The van der Waals surface area contributed by atoms with Crippen LogP contribution >= 0.6 is 0 Å². The Kier molecular flexibility index (Phi) is 11.7. The van der Waals surface area contributed by atoms with Gasteiger partial charge in [0.25, 0.3) is 0 Å². The zero-order chi connectivity index (χ0) is 13.3. The molecule has 0 saturated heterocycles. The van der Waals surface area contributed by atoms with E-state index in [1.807, 2.05) is 13.8 Å². The van der Waals surface area contributed by atoms with Gasteiger partial charge in [0.2, 0.25) is 0 Å². The van der Waals surface area contributed by atoms with Gasteiger partial charge in [-0.25, -0.2) is 0 Å². The van der Waals surface area contributed by atoms with E-state index in [9.17, 15) is 0 Å². The molecule has 0 aromatic carbocycles. The van der Waals surface area contributed by atoms with Crippen LogP contribution in [0.5, 0.6) is 0 Å². The monoisotopic (exact) mass is 228 g/mol. The second kappa shape index (κ2) is 10.2. The van der Waals surface area contributed by atoms with Gasteiger partial charge >= 0.3 is 0 Å². The van der Waals surface area contributed by atoms with E-state index in [0.29, 0.717) is 0 Å². The minimum atomic E-state index is 0.821. The van der Waals surface area contributed by atoms with Crippen LogP contribution in [-0.2, 0) is 0 Å². The standard InChI is InChI=1S/C14H30.C2H6/c1-8-9-11(4)13(6)14(7)12(5)10(2)3;1-2/h10-14H,8-9H2,1-7H3;1-2H3. The second-order valence-electron chi connectivity index (χ2n) is 5.59. The molecular formula is C16H36. The van der Waals surface area contributed by atoms with Crippen LogP contribution in [0.1, 0.15) is 75.2 Å². The second-order valence-corrected chi connectivity index (χ2v) is 5.59. The Hall–Kier alpha value is 0. The van der Waals surface area contributed by atoms with Gasteiger partial charge in [-0.05, 0) is 29.6 Å². The van der Waals surface area contributed by atoms with Crippen molar-refractivity contribution in [1.82, 2.24) is 0 Å². The van der Waals surface area contributed by atoms with Crippen LogP contribution in [0.2, 0.25) is 0 Å². The molecule has 0 spiro atoms. The molecule has 0 saturated carbocycles. The van der Waals surface area contributed by atoms with Crippen LogP contribution in [0.15, 0.2) is 0 Å². The smallest absolute Gasteiger partial charge is 0.0386 e. The lowest BCUT2D eigenvalue weighted by Gasteiger charge is -2.32. The maximum atomic E-state index is 2.43. The van der Waals surface area contributed by atoms with Crippen molar-refractivity contribution < 1.29 is 0 Å². The molecule has 0 aliphatic heterocycles. The molecule has 0 heterocycles. The molecule has 0 aliphatic rings. The van der Waals surface area contributed by atoms with Crippen molar-refractivity contribution in [2.45, 2.75) is 75.2 Å². The highest BCUT2D eigenvalue weighted by Gasteiger charge is 2.24. The van der Waals surface area contributed by atoms with Crippen molar-refractivity contribution in [3.63, 3.8) is 0 Å². The molecule has 0 aromatic heterocycles. The molecule has 0 aromatic rings. The first-order valence-corrected chi connectivity index (χ1v) is 7.41. The first-order valence-electron chi connectivity index (χ1n) is 7.41. The summed E-state index contributed by atoms with van der Waals surface area (Å²) >= 11 is 0. The molecule has 0 aliphatic carbocycles. The molecule has 0 rings (SSSR count). The summed E-state index contributed by atoms with van der Waals surface area (Å²) in [5, 5.41) is 0. The summed E-state index contributed by atoms with van der Waals surface area (Å²) in [5.74, 6) is 4.28. The summed E-state index contributed by atoms with van der Waals surface area (Å²) in [6.07, 6.45) is 2.71. The summed E-state index contributed by atoms with van der Waals surface area (Å²) in [6.45, 7) is 20.7. The van der Waals surface area contributed by atoms with Gasteiger partial charge in [-0.3, -0.25) is 0 Å². The molecule has 0 nitrogen and oxygen atoms in total. The van der Waals surface area contributed by atoms with Gasteiger partial charge in [-0.15, -0.1) is 0 Å². The SMILES string of the molecule is CC.CCCC(C)C(C)C(C)C(C)C(C)C. The Morgan fingerprint density at radius 3 is 1.44 bits per heavy atom. The normalized spacial score (nSPS) is 18.4. The van der Waals surface area contributed by atoms with Gasteiger partial charge in [0.1, 0.15) is 0 Å². The zero-order valence-electron chi connectivity index (χ0n) is 13.3. The lowest BCUT2D eigenvalue weighted by atomic mass is 9.73. The Balaban J connectivity index is 0. The summed E-state index contributed by atoms with van der Waals surface area (Å²) in [7, 11) is 0. The molecule has 4 atom stereocenters. The minimum Gasteiger partial charge on any atom is -0.0683 e. The third-order valence-electron chi connectivity index (χ3n) is 4.35. The van der Waals surface area contributed by atoms with E-state index in [1.165, 1.54) is 12.8 Å². The van der Waals surface area contributed by atoms with E-state index in [2.05, 4.69) is 48.5 Å². The first kappa shape index (κ1) is 18.4.